The monoisotopic (exact) mass is 499 g/mol. The van der Waals surface area contributed by atoms with Gasteiger partial charge in [-0.25, -0.2) is 0 Å². The second-order valence-corrected chi connectivity index (χ2v) is 6.60. The fourth-order valence-corrected chi connectivity index (χ4v) is 3.00. The predicted molar refractivity (Wildman–Crippen MR) is 123 cm³/mol. The number of rotatable bonds is 6. The molecule has 0 unspecified atom stereocenters. The number of anilines is 1. The number of fused-ring (bicyclic) bond motifs is 1. The van der Waals surface area contributed by atoms with Gasteiger partial charge in [0.25, 0.3) is 0 Å². The minimum absolute atomic E-state index is 0. The van der Waals surface area contributed by atoms with Crippen LogP contribution in [0.5, 0.6) is 11.5 Å². The largest absolute Gasteiger partial charge is 0.490 e. The third-order valence-corrected chi connectivity index (χ3v) is 4.26. The minimum Gasteiger partial charge on any atom is -0.490 e. The van der Waals surface area contributed by atoms with Gasteiger partial charge in [-0.1, -0.05) is 0 Å². The van der Waals surface area contributed by atoms with E-state index >= 15 is 0 Å². The van der Waals surface area contributed by atoms with Gasteiger partial charge < -0.3 is 20.1 Å². The highest BCUT2D eigenvalue weighted by molar-refractivity contribution is 14.0. The molecule has 1 aromatic carbocycles. The van der Waals surface area contributed by atoms with E-state index < -0.39 is 0 Å². The molecule has 154 valence electrons. The molecule has 2 heterocycles. The summed E-state index contributed by atoms with van der Waals surface area (Å²) in [5.41, 5.74) is 3.17. The molecule has 0 aliphatic carbocycles. The summed E-state index contributed by atoms with van der Waals surface area (Å²) in [4.78, 5) is 4.67. The van der Waals surface area contributed by atoms with Crippen molar-refractivity contribution in [1.29, 1.82) is 0 Å². The van der Waals surface area contributed by atoms with Crippen molar-refractivity contribution < 1.29 is 9.47 Å². The lowest BCUT2D eigenvalue weighted by molar-refractivity contribution is 0.297. The summed E-state index contributed by atoms with van der Waals surface area (Å²) in [7, 11) is 0. The molecule has 3 rings (SSSR count). The van der Waals surface area contributed by atoms with Crippen LogP contribution < -0.4 is 20.1 Å². The van der Waals surface area contributed by atoms with Crippen molar-refractivity contribution in [2.45, 2.75) is 40.2 Å². The number of benzene rings is 1. The third-order valence-electron chi connectivity index (χ3n) is 4.26. The summed E-state index contributed by atoms with van der Waals surface area (Å²) in [6.07, 6.45) is 1.83. The van der Waals surface area contributed by atoms with Crippen LogP contribution in [0.25, 0.3) is 0 Å². The van der Waals surface area contributed by atoms with Gasteiger partial charge in [-0.3, -0.25) is 9.67 Å². The Morgan fingerprint density at radius 2 is 1.96 bits per heavy atom. The number of ether oxygens (including phenoxy) is 2. The van der Waals surface area contributed by atoms with Gasteiger partial charge in [-0.15, -0.1) is 24.0 Å². The fourth-order valence-electron chi connectivity index (χ4n) is 3.00. The fraction of sp³-hybridized carbons (Fsp3) is 0.500. The Morgan fingerprint density at radius 3 is 2.68 bits per heavy atom. The van der Waals surface area contributed by atoms with Crippen molar-refractivity contribution in [3.8, 4) is 11.5 Å². The van der Waals surface area contributed by atoms with Gasteiger partial charge in [0, 0.05) is 43.5 Å². The second kappa shape index (κ2) is 11.1. The standard InChI is InChI=1S/C20H29N5O2.HI/c1-4-21-20(22-9-5-10-25-16(3)13-15(2)24-25)23-17-7-8-18-19(14-17)27-12-6-11-26-18;/h7-8,13-14H,4-6,9-12H2,1-3H3,(H2,21,22,23);1H. The SMILES string of the molecule is CCNC(=NCCCn1nc(C)cc1C)Nc1ccc2c(c1)OCCCO2.I. The van der Waals surface area contributed by atoms with E-state index in [1.54, 1.807) is 0 Å². The highest BCUT2D eigenvalue weighted by atomic mass is 127. The van der Waals surface area contributed by atoms with E-state index in [2.05, 4.69) is 40.6 Å². The van der Waals surface area contributed by atoms with Crippen LogP contribution in [0.15, 0.2) is 29.3 Å². The maximum absolute atomic E-state index is 5.76. The smallest absolute Gasteiger partial charge is 0.195 e. The number of halogens is 1. The highest BCUT2D eigenvalue weighted by Gasteiger charge is 2.11. The van der Waals surface area contributed by atoms with Crippen molar-refractivity contribution in [3.63, 3.8) is 0 Å². The maximum atomic E-state index is 5.76. The molecule has 0 fully saturated rings. The van der Waals surface area contributed by atoms with Crippen LogP contribution in [0.3, 0.4) is 0 Å². The van der Waals surface area contributed by atoms with Gasteiger partial charge in [0.2, 0.25) is 0 Å². The molecular weight excluding hydrogens is 469 g/mol. The number of hydrogen-bond acceptors (Lipinski definition) is 4. The zero-order valence-corrected chi connectivity index (χ0v) is 19.2. The summed E-state index contributed by atoms with van der Waals surface area (Å²) >= 11 is 0. The summed E-state index contributed by atoms with van der Waals surface area (Å²) in [6, 6.07) is 7.98. The van der Waals surface area contributed by atoms with Crippen LogP contribution in [0.2, 0.25) is 0 Å². The van der Waals surface area contributed by atoms with Gasteiger partial charge in [0.1, 0.15) is 0 Å². The molecule has 1 aliphatic rings. The molecule has 8 heteroatoms. The molecule has 7 nitrogen and oxygen atoms in total. The first-order valence-electron chi connectivity index (χ1n) is 9.61. The number of aryl methyl sites for hydroxylation is 3. The lowest BCUT2D eigenvalue weighted by atomic mass is 10.3. The summed E-state index contributed by atoms with van der Waals surface area (Å²) < 4.78 is 13.5. The Morgan fingerprint density at radius 1 is 1.18 bits per heavy atom. The van der Waals surface area contributed by atoms with Gasteiger partial charge in [0.15, 0.2) is 17.5 Å². The van der Waals surface area contributed by atoms with Crippen LogP contribution in [-0.4, -0.2) is 42.0 Å². The van der Waals surface area contributed by atoms with E-state index in [1.165, 1.54) is 5.69 Å². The zero-order chi connectivity index (χ0) is 19.1. The summed E-state index contributed by atoms with van der Waals surface area (Å²) in [5.74, 6) is 2.34. The van der Waals surface area contributed by atoms with Gasteiger partial charge >= 0.3 is 0 Å². The molecule has 0 atom stereocenters. The van der Waals surface area contributed by atoms with Crippen LogP contribution in [-0.2, 0) is 6.54 Å². The first-order valence-corrected chi connectivity index (χ1v) is 9.61. The Kier molecular flexibility index (Phi) is 8.88. The first-order chi connectivity index (χ1) is 13.2. The van der Waals surface area contributed by atoms with Crippen molar-refractivity contribution in [2.24, 2.45) is 4.99 Å². The topological polar surface area (TPSA) is 72.7 Å². The van der Waals surface area contributed by atoms with E-state index in [4.69, 9.17) is 9.47 Å². The minimum atomic E-state index is 0. The molecular formula is C20H30IN5O2. The quantitative estimate of drug-likeness (QED) is 0.274. The average molecular weight is 499 g/mol. The molecule has 0 amide bonds. The van der Waals surface area contributed by atoms with E-state index in [9.17, 15) is 0 Å². The molecule has 28 heavy (non-hydrogen) atoms. The van der Waals surface area contributed by atoms with E-state index in [0.717, 1.165) is 61.3 Å². The number of nitrogens with one attached hydrogen (secondary N) is 2. The number of aromatic nitrogens is 2. The lowest BCUT2D eigenvalue weighted by Gasteiger charge is -2.13. The molecule has 0 saturated carbocycles. The molecule has 0 spiro atoms. The van der Waals surface area contributed by atoms with E-state index in [-0.39, 0.29) is 24.0 Å². The molecule has 0 radical (unpaired) electrons. The van der Waals surface area contributed by atoms with Crippen molar-refractivity contribution in [3.05, 3.63) is 35.7 Å². The Bertz CT molecular complexity index is 791. The second-order valence-electron chi connectivity index (χ2n) is 6.60. The molecule has 0 saturated heterocycles. The maximum Gasteiger partial charge on any atom is 0.195 e. The van der Waals surface area contributed by atoms with Crippen molar-refractivity contribution in [1.82, 2.24) is 15.1 Å². The Hall–Kier alpha value is -1.97. The number of aliphatic imine (C=N–C) groups is 1. The Labute approximate surface area is 183 Å². The lowest BCUT2D eigenvalue weighted by Crippen LogP contribution is -2.30. The molecule has 1 aliphatic heterocycles. The van der Waals surface area contributed by atoms with Crippen LogP contribution in [0.1, 0.15) is 31.2 Å². The van der Waals surface area contributed by atoms with Crippen LogP contribution in [0.4, 0.5) is 5.69 Å². The third kappa shape index (κ3) is 6.29. The van der Waals surface area contributed by atoms with Gasteiger partial charge in [-0.05, 0) is 45.4 Å². The highest BCUT2D eigenvalue weighted by Crippen LogP contribution is 2.32. The average Bonchev–Trinajstić information content (AvgIpc) is 2.83. The van der Waals surface area contributed by atoms with Crippen molar-refractivity contribution in [2.75, 3.05) is 31.6 Å². The molecule has 0 bridgehead atoms. The summed E-state index contributed by atoms with van der Waals surface area (Å²) in [5, 5.41) is 11.1. The normalized spacial score (nSPS) is 13.5. The number of nitrogens with zero attached hydrogens (tertiary/aromatic N) is 3. The number of hydrogen-bond donors (Lipinski definition) is 2. The van der Waals surface area contributed by atoms with Gasteiger partial charge in [-0.2, -0.15) is 5.10 Å². The van der Waals surface area contributed by atoms with Gasteiger partial charge in [0.05, 0.1) is 18.9 Å². The van der Waals surface area contributed by atoms with Crippen molar-refractivity contribution >= 4 is 35.6 Å². The predicted octanol–water partition coefficient (Wildman–Crippen LogP) is 3.75. The molecule has 2 N–H and O–H groups in total. The number of guanidine groups is 1. The molecule has 1 aromatic heterocycles. The summed E-state index contributed by atoms with van der Waals surface area (Å²) in [6.45, 7) is 9.92. The zero-order valence-electron chi connectivity index (χ0n) is 16.8. The first kappa shape index (κ1) is 22.3. The molecule has 2 aromatic rings. The van der Waals surface area contributed by atoms with Crippen LogP contribution in [0, 0.1) is 13.8 Å². The van der Waals surface area contributed by atoms with E-state index in [0.29, 0.717) is 13.2 Å². The Balaban J connectivity index is 0.00000280. The van der Waals surface area contributed by atoms with Crippen LogP contribution >= 0.6 is 24.0 Å². The van der Waals surface area contributed by atoms with E-state index in [1.807, 2.05) is 29.8 Å².